The topological polar surface area (TPSA) is 49.4 Å². The molecule has 1 aliphatic heterocycles. The largest absolute Gasteiger partial charge is 0.409 e. The molecule has 8 heteroatoms. The summed E-state index contributed by atoms with van der Waals surface area (Å²) in [7, 11) is 0. The molecule has 1 aliphatic rings. The molecule has 1 N–H and O–H groups in total. The number of hydrogen-bond acceptors (Lipinski definition) is 2. The zero-order chi connectivity index (χ0) is 20.3. The van der Waals surface area contributed by atoms with E-state index < -0.39 is 30.0 Å². The Balaban J connectivity index is 1.86. The first kappa shape index (κ1) is 20.2. The predicted molar refractivity (Wildman–Crippen MR) is 100 cm³/mol. The molecule has 2 aromatic rings. The summed E-state index contributed by atoms with van der Waals surface area (Å²) in [5, 5.41) is 2.95. The van der Waals surface area contributed by atoms with E-state index in [0.717, 1.165) is 4.90 Å². The number of nitrogens with one attached hydrogen (secondary N) is 1. The maximum Gasteiger partial charge on any atom is 0.409 e. The van der Waals surface area contributed by atoms with Crippen LogP contribution >= 0.6 is 11.6 Å². The molecule has 4 nitrogen and oxygen atoms in total. The van der Waals surface area contributed by atoms with E-state index in [1.54, 1.807) is 18.2 Å². The number of amides is 2. The van der Waals surface area contributed by atoms with Crippen LogP contribution in [0.5, 0.6) is 0 Å². The Morgan fingerprint density at radius 1 is 1.04 bits per heavy atom. The number of rotatable bonds is 3. The highest BCUT2D eigenvalue weighted by molar-refractivity contribution is 6.30. The van der Waals surface area contributed by atoms with E-state index in [1.165, 1.54) is 36.4 Å². The summed E-state index contributed by atoms with van der Waals surface area (Å²) >= 11 is 5.79. The zero-order valence-corrected chi connectivity index (χ0v) is 15.5. The summed E-state index contributed by atoms with van der Waals surface area (Å²) in [5.41, 5.74) is 0.511. The van der Waals surface area contributed by atoms with Crippen molar-refractivity contribution in [2.24, 2.45) is 5.92 Å². The van der Waals surface area contributed by atoms with Crippen molar-refractivity contribution in [3.8, 4) is 0 Å². The minimum atomic E-state index is -4.73. The molecule has 1 fully saturated rings. The number of benzene rings is 2. The molecule has 1 saturated heterocycles. The SMILES string of the molecule is O=C(Nc1ccc(Cl)cc1)C1CCCN(C(=O)c2ccccc2)C1C(F)(F)F. The van der Waals surface area contributed by atoms with Crippen LogP contribution in [0.2, 0.25) is 5.02 Å². The van der Waals surface area contributed by atoms with E-state index in [0.29, 0.717) is 17.1 Å². The van der Waals surface area contributed by atoms with Crippen molar-refractivity contribution in [1.29, 1.82) is 0 Å². The van der Waals surface area contributed by atoms with E-state index in [4.69, 9.17) is 11.6 Å². The molecule has 0 spiro atoms. The third kappa shape index (κ3) is 4.47. The van der Waals surface area contributed by atoms with Gasteiger partial charge in [0.05, 0.1) is 5.92 Å². The maximum atomic E-state index is 13.9. The molecule has 2 aromatic carbocycles. The summed E-state index contributed by atoms with van der Waals surface area (Å²) in [4.78, 5) is 26.1. The molecule has 0 saturated carbocycles. The third-order valence-electron chi connectivity index (χ3n) is 4.70. The van der Waals surface area contributed by atoms with Crippen LogP contribution in [0.15, 0.2) is 54.6 Å². The van der Waals surface area contributed by atoms with Gasteiger partial charge in [-0.25, -0.2) is 0 Å². The van der Waals surface area contributed by atoms with Crippen LogP contribution in [0.4, 0.5) is 18.9 Å². The van der Waals surface area contributed by atoms with Crippen molar-refractivity contribution in [1.82, 2.24) is 4.90 Å². The lowest BCUT2D eigenvalue weighted by molar-refractivity contribution is -0.197. The molecule has 3 rings (SSSR count). The van der Waals surface area contributed by atoms with Crippen LogP contribution in [-0.2, 0) is 4.79 Å². The lowest BCUT2D eigenvalue weighted by Crippen LogP contribution is -2.58. The second-order valence-corrected chi connectivity index (χ2v) is 7.03. The van der Waals surface area contributed by atoms with Gasteiger partial charge in [-0.05, 0) is 49.2 Å². The molecule has 0 aliphatic carbocycles. The van der Waals surface area contributed by atoms with Gasteiger partial charge in [-0.1, -0.05) is 29.8 Å². The van der Waals surface area contributed by atoms with Crippen LogP contribution in [-0.4, -0.2) is 35.5 Å². The van der Waals surface area contributed by atoms with Gasteiger partial charge in [-0.15, -0.1) is 0 Å². The summed E-state index contributed by atoms with van der Waals surface area (Å²) in [5.74, 6) is -2.89. The highest BCUT2D eigenvalue weighted by Gasteiger charge is 2.53. The number of carbonyl (C=O) groups is 2. The average molecular weight is 411 g/mol. The van der Waals surface area contributed by atoms with Crippen molar-refractivity contribution in [3.63, 3.8) is 0 Å². The summed E-state index contributed by atoms with van der Waals surface area (Å²) in [6.07, 6.45) is -4.38. The Hall–Kier alpha value is -2.54. The van der Waals surface area contributed by atoms with E-state index in [-0.39, 0.29) is 18.5 Å². The van der Waals surface area contributed by atoms with E-state index in [1.807, 2.05) is 0 Å². The molecule has 0 bridgehead atoms. The van der Waals surface area contributed by atoms with Gasteiger partial charge < -0.3 is 10.2 Å². The van der Waals surface area contributed by atoms with Gasteiger partial charge in [0.15, 0.2) is 0 Å². The Morgan fingerprint density at radius 3 is 2.29 bits per heavy atom. The molecule has 1 heterocycles. The summed E-state index contributed by atoms with van der Waals surface area (Å²) in [6, 6.07) is 11.7. The van der Waals surface area contributed by atoms with Crippen LogP contribution < -0.4 is 5.32 Å². The van der Waals surface area contributed by atoms with Crippen LogP contribution in [0, 0.1) is 5.92 Å². The monoisotopic (exact) mass is 410 g/mol. The Morgan fingerprint density at radius 2 is 1.68 bits per heavy atom. The van der Waals surface area contributed by atoms with E-state index >= 15 is 0 Å². The van der Waals surface area contributed by atoms with Crippen LogP contribution in [0.25, 0.3) is 0 Å². The van der Waals surface area contributed by atoms with Crippen molar-refractivity contribution in [2.75, 3.05) is 11.9 Å². The van der Waals surface area contributed by atoms with Gasteiger partial charge in [0, 0.05) is 22.8 Å². The number of nitrogens with zero attached hydrogens (tertiary/aromatic N) is 1. The van der Waals surface area contributed by atoms with Gasteiger partial charge in [0.2, 0.25) is 5.91 Å². The lowest BCUT2D eigenvalue weighted by Gasteiger charge is -2.41. The number of halogens is 4. The predicted octanol–water partition coefficient (Wildman–Crippen LogP) is 4.76. The Bertz CT molecular complexity index is 841. The molecule has 0 radical (unpaired) electrons. The number of hydrogen-bond donors (Lipinski definition) is 1. The minimum absolute atomic E-state index is 0.0438. The first-order valence-corrected chi connectivity index (χ1v) is 9.14. The normalized spacial score (nSPS) is 19.9. The number of alkyl halides is 3. The molecule has 2 atom stereocenters. The smallest absolute Gasteiger partial charge is 0.326 e. The number of likely N-dealkylation sites (tertiary alicyclic amines) is 1. The fraction of sp³-hybridized carbons (Fsp3) is 0.300. The van der Waals surface area contributed by atoms with E-state index in [2.05, 4.69) is 5.32 Å². The molecule has 2 unspecified atom stereocenters. The average Bonchev–Trinajstić information content (AvgIpc) is 2.68. The standard InChI is InChI=1S/C20H18ClF3N2O2/c21-14-8-10-15(11-9-14)25-18(27)16-7-4-12-26(17(16)20(22,23)24)19(28)13-5-2-1-3-6-13/h1-3,5-6,8-11,16-17H,4,7,12H2,(H,25,27). The Labute approximate surface area is 165 Å². The second-order valence-electron chi connectivity index (χ2n) is 6.60. The van der Waals surface area contributed by atoms with Crippen molar-refractivity contribution < 1.29 is 22.8 Å². The van der Waals surface area contributed by atoms with Crippen molar-refractivity contribution >= 4 is 29.1 Å². The first-order valence-electron chi connectivity index (χ1n) is 8.76. The molecule has 2 amide bonds. The van der Waals surface area contributed by atoms with Crippen LogP contribution in [0.1, 0.15) is 23.2 Å². The van der Waals surface area contributed by atoms with Gasteiger partial charge in [-0.2, -0.15) is 13.2 Å². The lowest BCUT2D eigenvalue weighted by atomic mass is 9.87. The second kappa shape index (κ2) is 8.22. The fourth-order valence-corrected chi connectivity index (χ4v) is 3.54. The Kier molecular flexibility index (Phi) is 5.93. The fourth-order valence-electron chi connectivity index (χ4n) is 3.42. The third-order valence-corrected chi connectivity index (χ3v) is 4.95. The molecule has 0 aromatic heterocycles. The summed E-state index contributed by atoms with van der Waals surface area (Å²) in [6.45, 7) is -0.0529. The van der Waals surface area contributed by atoms with Crippen molar-refractivity contribution in [2.45, 2.75) is 25.1 Å². The van der Waals surface area contributed by atoms with Crippen LogP contribution in [0.3, 0.4) is 0 Å². The molecular formula is C20H18ClF3N2O2. The zero-order valence-electron chi connectivity index (χ0n) is 14.7. The summed E-state index contributed by atoms with van der Waals surface area (Å²) < 4.78 is 41.6. The highest BCUT2D eigenvalue weighted by atomic mass is 35.5. The number of anilines is 1. The molecule has 148 valence electrons. The van der Waals surface area contributed by atoms with Gasteiger partial charge in [0.1, 0.15) is 6.04 Å². The van der Waals surface area contributed by atoms with Gasteiger partial charge >= 0.3 is 6.18 Å². The minimum Gasteiger partial charge on any atom is -0.326 e. The first-order chi connectivity index (χ1) is 13.3. The molecule has 28 heavy (non-hydrogen) atoms. The highest BCUT2D eigenvalue weighted by Crippen LogP contribution is 2.37. The van der Waals surface area contributed by atoms with Gasteiger partial charge in [-0.3, -0.25) is 9.59 Å². The van der Waals surface area contributed by atoms with Gasteiger partial charge in [0.25, 0.3) is 5.91 Å². The molecular weight excluding hydrogens is 393 g/mol. The maximum absolute atomic E-state index is 13.9. The number of carbonyl (C=O) groups excluding carboxylic acids is 2. The number of piperidine rings is 1. The quantitative estimate of drug-likeness (QED) is 0.793. The van der Waals surface area contributed by atoms with Crippen molar-refractivity contribution in [3.05, 3.63) is 65.2 Å². The van der Waals surface area contributed by atoms with E-state index in [9.17, 15) is 22.8 Å².